The first-order chi connectivity index (χ1) is 13.7. The molecule has 0 saturated carbocycles. The Morgan fingerprint density at radius 2 is 1.71 bits per heavy atom. The van der Waals surface area contributed by atoms with Gasteiger partial charge in [-0.3, -0.25) is 24.7 Å². The summed E-state index contributed by atoms with van der Waals surface area (Å²) in [6.07, 6.45) is 9.32. The van der Waals surface area contributed by atoms with Crippen molar-refractivity contribution < 1.29 is 4.79 Å². The van der Waals surface area contributed by atoms with Crippen LogP contribution in [0.1, 0.15) is 16.3 Å². The van der Waals surface area contributed by atoms with Crippen molar-refractivity contribution in [3.05, 3.63) is 83.6 Å². The number of pyridine rings is 2. The van der Waals surface area contributed by atoms with Crippen molar-refractivity contribution in [1.29, 1.82) is 0 Å². The Bertz CT molecular complexity index is 1070. The smallest absolute Gasteiger partial charge is 0.144 e. The van der Waals surface area contributed by atoms with E-state index in [1.54, 1.807) is 36.1 Å². The first-order valence-corrected chi connectivity index (χ1v) is 9.74. The average Bonchev–Trinajstić information content (AvgIpc) is 3.18. The summed E-state index contributed by atoms with van der Waals surface area (Å²) in [5, 5.41) is 0. The molecule has 0 saturated heterocycles. The largest absolute Gasteiger partial charge is 0.299 e. The molecule has 6 heteroatoms. The van der Waals surface area contributed by atoms with E-state index in [-0.39, 0.29) is 5.78 Å². The number of hydrogen-bond acceptors (Lipinski definition) is 6. The molecule has 0 aromatic carbocycles. The molecule has 5 nitrogen and oxygen atoms in total. The number of thiophene rings is 1. The monoisotopic (exact) mass is 386 g/mol. The van der Waals surface area contributed by atoms with Crippen LogP contribution in [0.25, 0.3) is 21.7 Å². The maximum Gasteiger partial charge on any atom is 0.144 e. The molecule has 4 aromatic heterocycles. The summed E-state index contributed by atoms with van der Waals surface area (Å²) in [7, 11) is 0. The Hall–Kier alpha value is -3.25. The minimum Gasteiger partial charge on any atom is -0.299 e. The second kappa shape index (κ2) is 8.19. The van der Waals surface area contributed by atoms with Gasteiger partial charge in [0.05, 0.1) is 11.9 Å². The summed E-state index contributed by atoms with van der Waals surface area (Å²) in [5.41, 5.74) is 4.49. The Balaban J connectivity index is 1.39. The minimum absolute atomic E-state index is 0.148. The molecule has 4 rings (SSSR count). The molecule has 0 aliphatic carbocycles. The van der Waals surface area contributed by atoms with Gasteiger partial charge >= 0.3 is 0 Å². The SMILES string of the molecule is Cc1ccc(-c2ccc(CC(=O)Cc3ccc(-c4cnccn4)cn3)s2)cn1. The van der Waals surface area contributed by atoms with E-state index in [2.05, 4.69) is 26.0 Å². The van der Waals surface area contributed by atoms with Gasteiger partial charge in [-0.2, -0.15) is 0 Å². The summed E-state index contributed by atoms with van der Waals surface area (Å²) in [6.45, 7) is 1.97. The number of aromatic nitrogens is 4. The molecule has 0 amide bonds. The van der Waals surface area contributed by atoms with E-state index in [4.69, 9.17) is 0 Å². The Kier molecular flexibility index (Phi) is 5.30. The fraction of sp³-hybridized carbons (Fsp3) is 0.136. The van der Waals surface area contributed by atoms with Crippen LogP contribution in [0.5, 0.6) is 0 Å². The first-order valence-electron chi connectivity index (χ1n) is 8.92. The molecule has 0 radical (unpaired) electrons. The number of carbonyl (C=O) groups is 1. The molecule has 4 aromatic rings. The van der Waals surface area contributed by atoms with E-state index >= 15 is 0 Å². The summed E-state index contributed by atoms with van der Waals surface area (Å²) in [6, 6.07) is 11.9. The van der Waals surface area contributed by atoms with E-state index in [1.807, 2.05) is 43.5 Å². The summed E-state index contributed by atoms with van der Waals surface area (Å²) >= 11 is 1.63. The number of rotatable bonds is 6. The Labute approximate surface area is 167 Å². The van der Waals surface area contributed by atoms with E-state index in [9.17, 15) is 4.79 Å². The lowest BCUT2D eigenvalue weighted by molar-refractivity contribution is -0.117. The third-order valence-electron chi connectivity index (χ3n) is 4.29. The van der Waals surface area contributed by atoms with Gasteiger partial charge in [0.2, 0.25) is 0 Å². The normalized spacial score (nSPS) is 10.8. The maximum atomic E-state index is 12.5. The standard InChI is InChI=1S/C22H18N4OS/c1-15-2-3-17(13-25-15)22-7-6-20(28-22)11-19(27)10-18-5-4-16(12-26-18)21-14-23-8-9-24-21/h2-9,12-14H,10-11H2,1H3. The lowest BCUT2D eigenvalue weighted by Crippen LogP contribution is -2.06. The van der Waals surface area contributed by atoms with E-state index in [0.717, 1.165) is 38.0 Å². The predicted molar refractivity (Wildman–Crippen MR) is 110 cm³/mol. The third-order valence-corrected chi connectivity index (χ3v) is 5.43. The lowest BCUT2D eigenvalue weighted by Gasteiger charge is -2.02. The maximum absolute atomic E-state index is 12.5. The van der Waals surface area contributed by atoms with Gasteiger partial charge < -0.3 is 0 Å². The topological polar surface area (TPSA) is 68.6 Å². The molecule has 0 bridgehead atoms. The van der Waals surface area contributed by atoms with Crippen molar-refractivity contribution in [3.63, 3.8) is 0 Å². The molecule has 0 N–H and O–H groups in total. The van der Waals surface area contributed by atoms with Crippen molar-refractivity contribution in [2.45, 2.75) is 19.8 Å². The summed E-state index contributed by atoms with van der Waals surface area (Å²) in [4.78, 5) is 31.7. The second-order valence-electron chi connectivity index (χ2n) is 6.48. The van der Waals surface area contributed by atoms with Crippen molar-refractivity contribution in [2.75, 3.05) is 0 Å². The van der Waals surface area contributed by atoms with Gasteiger partial charge in [0, 0.05) is 69.9 Å². The molecule has 28 heavy (non-hydrogen) atoms. The fourth-order valence-electron chi connectivity index (χ4n) is 2.83. The van der Waals surface area contributed by atoms with Gasteiger partial charge in [-0.05, 0) is 37.3 Å². The van der Waals surface area contributed by atoms with Crippen LogP contribution >= 0.6 is 11.3 Å². The number of ketones is 1. The van der Waals surface area contributed by atoms with Gasteiger partial charge in [0.15, 0.2) is 0 Å². The molecule has 4 heterocycles. The highest BCUT2D eigenvalue weighted by molar-refractivity contribution is 7.15. The summed E-state index contributed by atoms with van der Waals surface area (Å²) in [5.74, 6) is 0.148. The fourth-order valence-corrected chi connectivity index (χ4v) is 3.86. The van der Waals surface area contributed by atoms with Crippen LogP contribution in [-0.4, -0.2) is 25.7 Å². The van der Waals surface area contributed by atoms with Crippen LogP contribution in [-0.2, 0) is 17.6 Å². The number of nitrogens with zero attached hydrogens (tertiary/aromatic N) is 4. The molecule has 0 aliphatic heterocycles. The quantitative estimate of drug-likeness (QED) is 0.493. The number of Topliss-reactive ketones (excluding diaryl/α,β-unsaturated/α-hetero) is 1. The van der Waals surface area contributed by atoms with E-state index in [0.29, 0.717) is 12.8 Å². The van der Waals surface area contributed by atoms with Gasteiger partial charge in [-0.1, -0.05) is 6.07 Å². The zero-order chi connectivity index (χ0) is 19.3. The zero-order valence-electron chi connectivity index (χ0n) is 15.4. The van der Waals surface area contributed by atoms with Crippen LogP contribution in [0.3, 0.4) is 0 Å². The summed E-state index contributed by atoms with van der Waals surface area (Å²) < 4.78 is 0. The Morgan fingerprint density at radius 1 is 0.857 bits per heavy atom. The lowest BCUT2D eigenvalue weighted by atomic mass is 10.1. The molecule has 138 valence electrons. The molecular formula is C22H18N4OS. The molecule has 0 atom stereocenters. The number of carbonyl (C=O) groups excluding carboxylic acids is 1. The molecule has 0 spiro atoms. The molecular weight excluding hydrogens is 368 g/mol. The average molecular weight is 386 g/mol. The van der Waals surface area contributed by atoms with Crippen molar-refractivity contribution >= 4 is 17.1 Å². The highest BCUT2D eigenvalue weighted by Gasteiger charge is 2.10. The van der Waals surface area contributed by atoms with Crippen LogP contribution in [0, 0.1) is 6.92 Å². The van der Waals surface area contributed by atoms with E-state index in [1.165, 1.54) is 0 Å². The minimum atomic E-state index is 0.148. The zero-order valence-corrected chi connectivity index (χ0v) is 16.2. The van der Waals surface area contributed by atoms with Crippen molar-refractivity contribution in [2.24, 2.45) is 0 Å². The van der Waals surface area contributed by atoms with Crippen LogP contribution in [0.15, 0.2) is 67.4 Å². The number of hydrogen-bond donors (Lipinski definition) is 0. The van der Waals surface area contributed by atoms with Crippen molar-refractivity contribution in [1.82, 2.24) is 19.9 Å². The van der Waals surface area contributed by atoms with Crippen molar-refractivity contribution in [3.8, 4) is 21.7 Å². The first kappa shape index (κ1) is 18.1. The highest BCUT2D eigenvalue weighted by Crippen LogP contribution is 2.28. The molecule has 0 unspecified atom stereocenters. The van der Waals surface area contributed by atoms with Gasteiger partial charge in [0.25, 0.3) is 0 Å². The van der Waals surface area contributed by atoms with Gasteiger partial charge in [-0.25, -0.2) is 0 Å². The molecule has 0 fully saturated rings. The predicted octanol–water partition coefficient (Wildman–Crippen LogP) is 4.32. The van der Waals surface area contributed by atoms with Gasteiger partial charge in [0.1, 0.15) is 5.78 Å². The van der Waals surface area contributed by atoms with Crippen LogP contribution in [0.2, 0.25) is 0 Å². The van der Waals surface area contributed by atoms with Gasteiger partial charge in [-0.15, -0.1) is 11.3 Å². The third kappa shape index (κ3) is 4.35. The highest BCUT2D eigenvalue weighted by atomic mass is 32.1. The number of aryl methyl sites for hydroxylation is 1. The van der Waals surface area contributed by atoms with E-state index < -0.39 is 0 Å². The molecule has 0 aliphatic rings. The Morgan fingerprint density at radius 3 is 2.43 bits per heavy atom. The van der Waals surface area contributed by atoms with Crippen LogP contribution < -0.4 is 0 Å². The van der Waals surface area contributed by atoms with Crippen LogP contribution in [0.4, 0.5) is 0 Å². The second-order valence-corrected chi connectivity index (χ2v) is 7.64.